The van der Waals surface area contributed by atoms with E-state index in [2.05, 4.69) is 16.3 Å². The summed E-state index contributed by atoms with van der Waals surface area (Å²) in [7, 11) is 2.03. The van der Waals surface area contributed by atoms with Gasteiger partial charge in [-0.25, -0.2) is 0 Å². The number of nitrogens with two attached hydrogens (primary N) is 1. The van der Waals surface area contributed by atoms with Crippen molar-refractivity contribution < 1.29 is 4.79 Å². The van der Waals surface area contributed by atoms with E-state index in [0.717, 1.165) is 13.0 Å². The Morgan fingerprint density at radius 3 is 2.89 bits per heavy atom. The molecule has 0 bridgehead atoms. The van der Waals surface area contributed by atoms with Gasteiger partial charge in [-0.2, -0.15) is 18.2 Å². The molecule has 1 heterocycles. The van der Waals surface area contributed by atoms with Gasteiger partial charge in [0.05, 0.1) is 6.04 Å². The van der Waals surface area contributed by atoms with Gasteiger partial charge in [0.1, 0.15) is 0 Å². The van der Waals surface area contributed by atoms with Gasteiger partial charge < -0.3 is 11.1 Å². The molecule has 19 heavy (non-hydrogen) atoms. The summed E-state index contributed by atoms with van der Waals surface area (Å²) in [5, 5.41) is 2.92. The molecule has 1 saturated heterocycles. The van der Waals surface area contributed by atoms with Crippen LogP contribution in [0.2, 0.25) is 0 Å². The van der Waals surface area contributed by atoms with Crippen molar-refractivity contribution >= 4 is 17.3 Å². The minimum absolute atomic E-state index is 0. The zero-order valence-electron chi connectivity index (χ0n) is 11.3. The first-order valence-electron chi connectivity index (χ1n) is 6.36. The molecule has 1 aromatic rings. The molecule has 0 unspecified atom stereocenters. The Labute approximate surface area is 107 Å². The summed E-state index contributed by atoms with van der Waals surface area (Å²) in [6.45, 7) is 1.04. The maximum absolute atomic E-state index is 12.3. The minimum atomic E-state index is -0.0175. The van der Waals surface area contributed by atoms with Crippen LogP contribution in [-0.2, 0) is 4.79 Å². The molecule has 3 N–H and O–H groups in total. The minimum Gasteiger partial charge on any atom is -0.448 e. The van der Waals surface area contributed by atoms with Crippen molar-refractivity contribution in [2.75, 3.05) is 24.6 Å². The molecule has 4 nitrogen and oxygen atoms in total. The third-order valence-electron chi connectivity index (χ3n) is 4.16. The number of anilines is 2. The van der Waals surface area contributed by atoms with Crippen molar-refractivity contribution in [1.29, 1.82) is 0 Å². The zero-order valence-corrected chi connectivity index (χ0v) is 17.8. The van der Waals surface area contributed by atoms with E-state index in [0.29, 0.717) is 16.8 Å². The Balaban J connectivity index is 0.00000133. The number of hydrogen-bond donors (Lipinski definition) is 2. The van der Waals surface area contributed by atoms with Crippen LogP contribution in [0.1, 0.15) is 19.3 Å². The van der Waals surface area contributed by atoms with Crippen molar-refractivity contribution in [2.45, 2.75) is 25.3 Å². The molecule has 0 aromatic heterocycles. The Bertz CT molecular complexity index is 487. The Morgan fingerprint density at radius 2 is 2.32 bits per heavy atom. The fraction of sp³-hybridized carbons (Fsp3) is 0.500. The van der Waals surface area contributed by atoms with Gasteiger partial charge in [0.25, 0.3) is 0 Å². The molecule has 5 heteroatoms. The largest absolute Gasteiger partial charge is 0.448 e. The average molecular weight is 514 g/mol. The van der Waals surface area contributed by atoms with Gasteiger partial charge in [-0.05, 0) is 37.4 Å². The molecular weight excluding hydrogens is 496 g/mol. The average Bonchev–Trinajstić information content (AvgIpc) is 2.99. The van der Waals surface area contributed by atoms with Gasteiger partial charge in [0.15, 0.2) is 0 Å². The van der Waals surface area contributed by atoms with Crippen LogP contribution in [0, 0.1) is 11.5 Å². The second-order valence-electron chi connectivity index (χ2n) is 5.64. The van der Waals surface area contributed by atoms with Crippen molar-refractivity contribution in [3.63, 3.8) is 0 Å². The summed E-state index contributed by atoms with van der Waals surface area (Å²) in [6, 6.07) is 8.09. The smallest absolute Gasteiger partial charge is 0.240 e. The maximum Gasteiger partial charge on any atom is 0.240 e. The standard InChI is InChI=1S/C14H18N3O.Bh/c1-17-9-14(6-7-14)8-12(17)13(18)16-11-5-3-2-4-10(11)15;/h3-5,12H,6-9,15H2,1H3,(H,16,18);/q-1;/t12-;/m0./s1. The molecule has 98 valence electrons. The number of amides is 1. The summed E-state index contributed by atoms with van der Waals surface area (Å²) >= 11 is 0. The van der Waals surface area contributed by atoms with E-state index in [1.165, 1.54) is 12.8 Å². The molecule has 0 radical (unpaired) electrons. The monoisotopic (exact) mass is 514 g/mol. The first-order chi connectivity index (χ1) is 8.60. The number of nitrogens with zero attached hydrogens (tertiary/aromatic N) is 1. The van der Waals surface area contributed by atoms with E-state index in [4.69, 9.17) is 5.73 Å². The molecule has 2 fully saturated rings. The molecule has 1 aromatic carbocycles. The van der Waals surface area contributed by atoms with Gasteiger partial charge in [-0.15, -0.1) is 6.07 Å². The summed E-state index contributed by atoms with van der Waals surface area (Å²) < 4.78 is 0. The number of carbonyl (C=O) groups excluding carboxylic acids is 1. The Morgan fingerprint density at radius 1 is 1.58 bits per heavy atom. The van der Waals surface area contributed by atoms with Crippen molar-refractivity contribution in [3.8, 4) is 0 Å². The third kappa shape index (κ3) is 2.22. The number of carbonyl (C=O) groups is 1. The molecule has 1 amide bonds. The number of likely N-dealkylation sites (tertiary alicyclic amines) is 1. The second-order valence-corrected chi connectivity index (χ2v) is 5.64. The predicted octanol–water partition coefficient (Wildman–Crippen LogP) is 1.49. The Hall–Kier alpha value is -2.55. The zero-order chi connectivity index (χ0) is 12.8. The van der Waals surface area contributed by atoms with Gasteiger partial charge in [0.2, 0.25) is 5.91 Å². The molecular formula is C14H18BhN3O-. The number of rotatable bonds is 2. The molecule has 1 atom stereocenters. The molecule has 3 rings (SSSR count). The van der Waals surface area contributed by atoms with Crippen LogP contribution in [0.15, 0.2) is 18.2 Å². The number of nitrogens with one attached hydrogen (secondary N) is 1. The second kappa shape index (κ2) is 4.28. The number of likely N-dealkylation sites (N-methyl/N-ethyl adjacent to an activating group) is 1. The van der Waals surface area contributed by atoms with Gasteiger partial charge in [0, 0.05) is 6.54 Å². The fourth-order valence-electron chi connectivity index (χ4n) is 2.87. The van der Waals surface area contributed by atoms with E-state index in [-0.39, 0.29) is 11.9 Å². The van der Waals surface area contributed by atoms with Gasteiger partial charge in [-0.1, -0.05) is 5.69 Å². The summed E-state index contributed by atoms with van der Waals surface area (Å²) in [6.07, 6.45) is 3.52. The van der Waals surface area contributed by atoms with E-state index >= 15 is 0 Å². The van der Waals surface area contributed by atoms with Gasteiger partial charge in [-0.3, -0.25) is 9.69 Å². The molecule has 2 aliphatic rings. The van der Waals surface area contributed by atoms with Crippen LogP contribution in [0.25, 0.3) is 0 Å². The molecule has 1 aliphatic heterocycles. The van der Waals surface area contributed by atoms with Crippen LogP contribution in [0.4, 0.5) is 11.4 Å². The van der Waals surface area contributed by atoms with Crippen LogP contribution in [-0.4, -0.2) is 30.4 Å². The predicted molar refractivity (Wildman–Crippen MR) is 71.0 cm³/mol. The quantitative estimate of drug-likeness (QED) is 0.465. The summed E-state index contributed by atoms with van der Waals surface area (Å²) in [4.78, 5) is 14.4. The first-order valence-corrected chi connectivity index (χ1v) is 6.36. The van der Waals surface area contributed by atoms with Crippen LogP contribution < -0.4 is 11.1 Å². The van der Waals surface area contributed by atoms with Crippen LogP contribution in [0.5, 0.6) is 0 Å². The molecule has 1 aliphatic carbocycles. The van der Waals surface area contributed by atoms with Crippen molar-refractivity contribution in [3.05, 3.63) is 24.3 Å². The normalized spacial score (nSPS) is 23.9. The topological polar surface area (TPSA) is 58.4 Å². The van der Waals surface area contributed by atoms with E-state index < -0.39 is 0 Å². The molecule has 1 saturated carbocycles. The third-order valence-corrected chi connectivity index (χ3v) is 4.16. The fourth-order valence-corrected chi connectivity index (χ4v) is 2.87. The van der Waals surface area contributed by atoms with E-state index in [1.54, 1.807) is 18.2 Å². The van der Waals surface area contributed by atoms with Crippen LogP contribution in [0.3, 0.4) is 0 Å². The van der Waals surface area contributed by atoms with Crippen LogP contribution >= 0.6 is 0 Å². The van der Waals surface area contributed by atoms with Crippen molar-refractivity contribution in [1.82, 2.24) is 4.90 Å². The van der Waals surface area contributed by atoms with Crippen molar-refractivity contribution in [2.24, 2.45) is 5.41 Å². The Kier molecular flexibility index (Phi) is 2.91. The van der Waals surface area contributed by atoms with Gasteiger partial charge >= 0.3 is 0 Å². The number of nitrogen functional groups attached to an aromatic ring is 1. The van der Waals surface area contributed by atoms with E-state index in [1.807, 2.05) is 7.05 Å². The number of benzene rings is 1. The number of hydrogen-bond acceptors (Lipinski definition) is 3. The summed E-state index contributed by atoms with van der Waals surface area (Å²) in [5.41, 5.74) is 7.49. The van der Waals surface area contributed by atoms with E-state index in [9.17, 15) is 4.79 Å². The molecule has 1 spiro atoms. The first kappa shape index (κ1) is 12.9. The SMILES string of the molecule is CN1CC2(CC2)C[C@H]1C(=O)Nc1cc[c-]cc1N.[Bh]. The maximum atomic E-state index is 12.3. The summed E-state index contributed by atoms with van der Waals surface area (Å²) in [5.74, 6) is 0.0548.